The van der Waals surface area contributed by atoms with Gasteiger partial charge in [-0.15, -0.1) is 0 Å². The van der Waals surface area contributed by atoms with Gasteiger partial charge in [0.05, 0.1) is 5.69 Å². The van der Waals surface area contributed by atoms with Gasteiger partial charge >= 0.3 is 0 Å². The Morgan fingerprint density at radius 3 is 1.12 bits per heavy atom. The van der Waals surface area contributed by atoms with E-state index in [1.54, 1.807) is 0 Å². The number of para-hydroxylation sites is 3. The van der Waals surface area contributed by atoms with Crippen LogP contribution in [0.25, 0.3) is 76.1 Å². The maximum atomic E-state index is 2.44. The van der Waals surface area contributed by atoms with Crippen molar-refractivity contribution in [1.29, 1.82) is 0 Å². The van der Waals surface area contributed by atoms with Gasteiger partial charge in [0, 0.05) is 33.8 Å². The van der Waals surface area contributed by atoms with Gasteiger partial charge in [-0.25, -0.2) is 0 Å². The first-order chi connectivity index (χ1) is 31.7. The molecule has 12 aromatic carbocycles. The van der Waals surface area contributed by atoms with Gasteiger partial charge < -0.3 is 9.80 Å². The molecular formula is C62H42N2. The summed E-state index contributed by atoms with van der Waals surface area (Å²) in [6.45, 7) is 0. The highest BCUT2D eigenvalue weighted by Crippen LogP contribution is 2.49. The van der Waals surface area contributed by atoms with Crippen LogP contribution in [0.4, 0.5) is 34.1 Å². The van der Waals surface area contributed by atoms with E-state index < -0.39 is 0 Å². The quantitative estimate of drug-likeness (QED) is 0.141. The Balaban J connectivity index is 1.21. The highest BCUT2D eigenvalue weighted by molar-refractivity contribution is 6.23. The fourth-order valence-electron chi connectivity index (χ4n) is 9.80. The number of nitrogens with zero attached hydrogens (tertiary/aromatic N) is 2. The number of fused-ring (bicyclic) bond motifs is 5. The molecule has 0 radical (unpaired) electrons. The van der Waals surface area contributed by atoms with Gasteiger partial charge in [0.15, 0.2) is 0 Å². The normalized spacial score (nSPS) is 11.4. The molecule has 0 aliphatic carbocycles. The van der Waals surface area contributed by atoms with E-state index in [0.29, 0.717) is 0 Å². The van der Waals surface area contributed by atoms with Crippen molar-refractivity contribution < 1.29 is 0 Å². The van der Waals surface area contributed by atoms with E-state index in [2.05, 4.69) is 265 Å². The fraction of sp³-hybridized carbons (Fsp3) is 0. The van der Waals surface area contributed by atoms with Crippen molar-refractivity contribution in [3.63, 3.8) is 0 Å². The lowest BCUT2D eigenvalue weighted by Gasteiger charge is -2.28. The summed E-state index contributed by atoms with van der Waals surface area (Å²) in [6, 6.07) is 93.0. The number of hydrogen-bond acceptors (Lipinski definition) is 2. The molecule has 0 saturated heterocycles. The van der Waals surface area contributed by atoms with Gasteiger partial charge in [-0.2, -0.15) is 0 Å². The van der Waals surface area contributed by atoms with Crippen LogP contribution < -0.4 is 9.80 Å². The predicted octanol–water partition coefficient (Wildman–Crippen LogP) is 17.7. The molecule has 0 aromatic heterocycles. The molecule has 64 heavy (non-hydrogen) atoms. The second-order valence-corrected chi connectivity index (χ2v) is 16.5. The second-order valence-electron chi connectivity index (χ2n) is 16.5. The predicted molar refractivity (Wildman–Crippen MR) is 274 cm³/mol. The van der Waals surface area contributed by atoms with Crippen LogP contribution in [0.1, 0.15) is 0 Å². The molecule has 0 heterocycles. The molecule has 0 aliphatic rings. The average molecular weight is 815 g/mol. The summed E-state index contributed by atoms with van der Waals surface area (Å²) in [6.07, 6.45) is 0. The SMILES string of the molecule is c1ccc(N(c2ccccc2)c2ccc3c(-c4ccc5ccccc5c4)c4cc(N(c5ccccc5)c5cccc6ccccc56)ccc4c(-c4ccc5ccccc5c4)c3c2)cc1. The van der Waals surface area contributed by atoms with Crippen LogP contribution in [0.3, 0.4) is 0 Å². The fourth-order valence-corrected chi connectivity index (χ4v) is 9.80. The summed E-state index contributed by atoms with van der Waals surface area (Å²) in [5.41, 5.74) is 11.4. The van der Waals surface area contributed by atoms with Crippen LogP contribution in [0, 0.1) is 0 Å². The highest BCUT2D eigenvalue weighted by atomic mass is 15.1. The smallest absolute Gasteiger partial charge is 0.0540 e. The minimum atomic E-state index is 1.09. The van der Waals surface area contributed by atoms with Crippen LogP contribution in [0.5, 0.6) is 0 Å². The Hall–Kier alpha value is -8.46. The summed E-state index contributed by atoms with van der Waals surface area (Å²) in [7, 11) is 0. The van der Waals surface area contributed by atoms with E-state index in [9.17, 15) is 0 Å². The van der Waals surface area contributed by atoms with Crippen LogP contribution in [-0.2, 0) is 0 Å². The van der Waals surface area contributed by atoms with E-state index in [4.69, 9.17) is 0 Å². The first-order valence-electron chi connectivity index (χ1n) is 22.0. The highest BCUT2D eigenvalue weighted by Gasteiger charge is 2.23. The van der Waals surface area contributed by atoms with E-state index >= 15 is 0 Å². The van der Waals surface area contributed by atoms with Crippen molar-refractivity contribution in [3.8, 4) is 22.3 Å². The van der Waals surface area contributed by atoms with Gasteiger partial charge in [-0.1, -0.05) is 176 Å². The zero-order valence-electron chi connectivity index (χ0n) is 35.1. The number of anilines is 6. The van der Waals surface area contributed by atoms with Crippen molar-refractivity contribution in [1.82, 2.24) is 0 Å². The van der Waals surface area contributed by atoms with Crippen molar-refractivity contribution >= 4 is 88.0 Å². The third-order valence-corrected chi connectivity index (χ3v) is 12.7. The molecule has 0 fully saturated rings. The molecule has 12 rings (SSSR count). The molecule has 0 unspecified atom stereocenters. The minimum Gasteiger partial charge on any atom is -0.310 e. The number of benzene rings is 12. The van der Waals surface area contributed by atoms with E-state index in [0.717, 1.165) is 34.1 Å². The number of rotatable bonds is 8. The van der Waals surface area contributed by atoms with Crippen LogP contribution in [0.2, 0.25) is 0 Å². The lowest BCUT2D eigenvalue weighted by Crippen LogP contribution is -2.10. The summed E-state index contributed by atoms with van der Waals surface area (Å²) in [5.74, 6) is 0. The maximum absolute atomic E-state index is 2.44. The van der Waals surface area contributed by atoms with Crippen molar-refractivity contribution in [3.05, 3.63) is 255 Å². The Morgan fingerprint density at radius 1 is 0.203 bits per heavy atom. The molecule has 0 aliphatic heterocycles. The molecule has 12 aromatic rings. The van der Waals surface area contributed by atoms with Crippen molar-refractivity contribution in [2.75, 3.05) is 9.80 Å². The molecule has 2 nitrogen and oxygen atoms in total. The van der Waals surface area contributed by atoms with Gasteiger partial charge in [0.1, 0.15) is 0 Å². The zero-order chi connectivity index (χ0) is 42.4. The largest absolute Gasteiger partial charge is 0.310 e. The standard InChI is InChI=1S/C62H42N2/c1-4-23-50(24-5-1)63(51-25-6-2-7-26-51)53-35-37-56-58(41-53)61(48-33-31-43-17-10-12-20-46(43)39-48)57-38-36-54(42-59(57)62(56)49-34-32-44-18-11-13-21-47(44)40-49)64(52-27-8-3-9-28-52)60-30-16-22-45-19-14-15-29-55(45)60/h1-42H. The molecule has 0 amide bonds. The van der Waals surface area contributed by atoms with Crippen molar-refractivity contribution in [2.24, 2.45) is 0 Å². The first kappa shape index (κ1) is 37.3. The second kappa shape index (κ2) is 15.8. The topological polar surface area (TPSA) is 6.48 Å². The molecule has 0 spiro atoms. The lowest BCUT2D eigenvalue weighted by molar-refractivity contribution is 1.29. The molecule has 0 N–H and O–H groups in total. The minimum absolute atomic E-state index is 1.09. The third kappa shape index (κ3) is 6.52. The van der Waals surface area contributed by atoms with Crippen molar-refractivity contribution in [2.45, 2.75) is 0 Å². The third-order valence-electron chi connectivity index (χ3n) is 12.7. The molecule has 0 bridgehead atoms. The van der Waals surface area contributed by atoms with E-state index in [1.807, 2.05) is 0 Å². The van der Waals surface area contributed by atoms with Gasteiger partial charge in [0.2, 0.25) is 0 Å². The Kier molecular flexibility index (Phi) is 9.20. The zero-order valence-corrected chi connectivity index (χ0v) is 35.1. The Labute approximate surface area is 373 Å². The Bertz CT molecular complexity index is 3630. The molecular weight excluding hydrogens is 773 g/mol. The summed E-state index contributed by atoms with van der Waals surface area (Å²) in [5, 5.41) is 12.1. The molecule has 300 valence electrons. The van der Waals surface area contributed by atoms with Gasteiger partial charge in [-0.05, 0) is 150 Å². The molecule has 2 heteroatoms. The lowest BCUT2D eigenvalue weighted by atomic mass is 9.84. The number of hydrogen-bond donors (Lipinski definition) is 0. The summed E-state index contributed by atoms with van der Waals surface area (Å²) >= 11 is 0. The van der Waals surface area contributed by atoms with Gasteiger partial charge in [0.25, 0.3) is 0 Å². The maximum Gasteiger partial charge on any atom is 0.0540 e. The van der Waals surface area contributed by atoms with E-state index in [1.165, 1.54) is 76.1 Å². The van der Waals surface area contributed by atoms with Crippen LogP contribution in [-0.4, -0.2) is 0 Å². The Morgan fingerprint density at radius 2 is 0.609 bits per heavy atom. The summed E-state index contributed by atoms with van der Waals surface area (Å²) in [4.78, 5) is 4.79. The van der Waals surface area contributed by atoms with Gasteiger partial charge in [-0.3, -0.25) is 0 Å². The van der Waals surface area contributed by atoms with E-state index in [-0.39, 0.29) is 0 Å². The molecule has 0 saturated carbocycles. The van der Waals surface area contributed by atoms with Crippen LogP contribution >= 0.6 is 0 Å². The molecule has 0 atom stereocenters. The monoisotopic (exact) mass is 814 g/mol. The summed E-state index contributed by atoms with van der Waals surface area (Å²) < 4.78 is 0. The first-order valence-corrected chi connectivity index (χ1v) is 22.0. The average Bonchev–Trinajstić information content (AvgIpc) is 3.36. The van der Waals surface area contributed by atoms with Crippen LogP contribution in [0.15, 0.2) is 255 Å².